The molecule has 0 heterocycles. The molecule has 0 aliphatic heterocycles. The van der Waals surface area contributed by atoms with Crippen LogP contribution in [0.25, 0.3) is 0 Å². The number of ether oxygens (including phenoxy) is 1. The lowest BCUT2D eigenvalue weighted by Gasteiger charge is -2.28. The Morgan fingerprint density at radius 2 is 1.95 bits per heavy atom. The second-order valence-corrected chi connectivity index (χ2v) is 5.42. The highest BCUT2D eigenvalue weighted by Crippen LogP contribution is 2.30. The fourth-order valence-corrected chi connectivity index (χ4v) is 2.15. The van der Waals surface area contributed by atoms with Crippen molar-refractivity contribution in [3.63, 3.8) is 0 Å². The third-order valence-electron chi connectivity index (χ3n) is 3.14. The van der Waals surface area contributed by atoms with Gasteiger partial charge in [0.1, 0.15) is 0 Å². The molecule has 1 aromatic rings. The molecular formula is C14H19Cl2NO2. The van der Waals surface area contributed by atoms with Gasteiger partial charge < -0.3 is 9.64 Å². The van der Waals surface area contributed by atoms with Crippen molar-refractivity contribution in [3.8, 4) is 0 Å². The van der Waals surface area contributed by atoms with E-state index in [1.54, 1.807) is 19.1 Å². The zero-order valence-corrected chi connectivity index (χ0v) is 13.1. The molecule has 0 amide bonds. The van der Waals surface area contributed by atoms with E-state index in [1.807, 2.05) is 32.0 Å². The van der Waals surface area contributed by atoms with Crippen LogP contribution in [0.15, 0.2) is 18.2 Å². The average Bonchev–Trinajstić information content (AvgIpc) is 2.34. The molecule has 19 heavy (non-hydrogen) atoms. The van der Waals surface area contributed by atoms with Gasteiger partial charge in [0.25, 0.3) is 0 Å². The highest BCUT2D eigenvalue weighted by Gasteiger charge is 2.29. The minimum Gasteiger partial charge on any atom is -0.465 e. The first kappa shape index (κ1) is 16.3. The summed E-state index contributed by atoms with van der Waals surface area (Å²) in [5, 5.41) is 0.921. The maximum Gasteiger partial charge on any atom is 0.315 e. The number of esters is 1. The van der Waals surface area contributed by atoms with Gasteiger partial charge in [-0.2, -0.15) is 0 Å². The molecule has 106 valence electrons. The van der Waals surface area contributed by atoms with Gasteiger partial charge in [-0.15, -0.1) is 0 Å². The zero-order valence-electron chi connectivity index (χ0n) is 11.6. The lowest BCUT2D eigenvalue weighted by molar-refractivity contribution is -0.146. The molecule has 1 aromatic carbocycles. The first-order valence-corrected chi connectivity index (χ1v) is 6.92. The summed E-state index contributed by atoms with van der Waals surface area (Å²) in [6, 6.07) is 5.24. The summed E-state index contributed by atoms with van der Waals surface area (Å²) < 4.78 is 5.16. The van der Waals surface area contributed by atoms with Crippen LogP contribution in [-0.2, 0) is 9.53 Å². The number of hydrogen-bond acceptors (Lipinski definition) is 3. The largest absolute Gasteiger partial charge is 0.465 e. The smallest absolute Gasteiger partial charge is 0.315 e. The summed E-state index contributed by atoms with van der Waals surface area (Å²) in [5.41, 5.74) is 0.814. The van der Waals surface area contributed by atoms with Gasteiger partial charge in [0.2, 0.25) is 0 Å². The molecule has 2 unspecified atom stereocenters. The predicted octanol–water partition coefficient (Wildman–Crippen LogP) is 3.59. The Labute approximate surface area is 124 Å². The van der Waals surface area contributed by atoms with Crippen molar-refractivity contribution in [3.05, 3.63) is 33.8 Å². The Kier molecular flexibility index (Phi) is 6.11. The lowest BCUT2D eigenvalue weighted by atomic mass is 9.92. The second kappa shape index (κ2) is 7.13. The van der Waals surface area contributed by atoms with E-state index >= 15 is 0 Å². The monoisotopic (exact) mass is 303 g/mol. The van der Waals surface area contributed by atoms with Crippen molar-refractivity contribution < 1.29 is 9.53 Å². The molecule has 1 rings (SSSR count). The van der Waals surface area contributed by atoms with Gasteiger partial charge in [0, 0.05) is 6.04 Å². The molecule has 0 fully saturated rings. The first-order valence-electron chi connectivity index (χ1n) is 6.16. The summed E-state index contributed by atoms with van der Waals surface area (Å²) in [5.74, 6) is -0.633. The number of nitrogens with zero attached hydrogens (tertiary/aromatic N) is 1. The number of likely N-dealkylation sites (N-methyl/N-ethyl adjacent to an activating group) is 1. The molecule has 0 aliphatic rings. The third-order valence-corrected chi connectivity index (χ3v) is 3.88. The molecule has 0 saturated carbocycles. The Bertz CT molecular complexity index is 449. The Balaban J connectivity index is 3.14. The number of halogens is 2. The van der Waals surface area contributed by atoms with Gasteiger partial charge in [-0.25, -0.2) is 0 Å². The molecule has 0 aromatic heterocycles. The molecule has 5 heteroatoms. The average molecular weight is 304 g/mol. The molecule has 0 bridgehead atoms. The van der Waals surface area contributed by atoms with E-state index in [0.717, 1.165) is 5.56 Å². The molecule has 0 N–H and O–H groups in total. The van der Waals surface area contributed by atoms with Crippen molar-refractivity contribution in [2.75, 3.05) is 20.7 Å². The molecule has 0 saturated heterocycles. The topological polar surface area (TPSA) is 29.5 Å². The number of carbonyl (C=O) groups is 1. The summed E-state index contributed by atoms with van der Waals surface area (Å²) in [4.78, 5) is 14.1. The third kappa shape index (κ3) is 4.10. The van der Waals surface area contributed by atoms with Crippen LogP contribution in [0.4, 0.5) is 0 Å². The van der Waals surface area contributed by atoms with E-state index in [0.29, 0.717) is 16.7 Å². The van der Waals surface area contributed by atoms with E-state index in [1.165, 1.54) is 0 Å². The Morgan fingerprint density at radius 3 is 2.42 bits per heavy atom. The number of rotatable bonds is 5. The number of benzene rings is 1. The van der Waals surface area contributed by atoms with Crippen LogP contribution in [0.5, 0.6) is 0 Å². The van der Waals surface area contributed by atoms with Gasteiger partial charge >= 0.3 is 5.97 Å². The number of carbonyl (C=O) groups excluding carboxylic acids is 1. The summed E-state index contributed by atoms with van der Waals surface area (Å²) in [6.45, 7) is 4.13. The van der Waals surface area contributed by atoms with Crippen molar-refractivity contribution in [2.24, 2.45) is 0 Å². The van der Waals surface area contributed by atoms with Crippen LogP contribution < -0.4 is 0 Å². The van der Waals surface area contributed by atoms with Crippen LogP contribution in [0.3, 0.4) is 0 Å². The van der Waals surface area contributed by atoms with Crippen LogP contribution in [0.2, 0.25) is 10.0 Å². The molecule has 0 radical (unpaired) electrons. The minimum atomic E-state index is -0.385. The molecule has 2 atom stereocenters. The maximum absolute atomic E-state index is 12.2. The van der Waals surface area contributed by atoms with Gasteiger partial charge in [0.05, 0.1) is 22.6 Å². The summed E-state index contributed by atoms with van der Waals surface area (Å²) >= 11 is 11.9. The number of hydrogen-bond donors (Lipinski definition) is 0. The fourth-order valence-electron chi connectivity index (χ4n) is 1.85. The zero-order chi connectivity index (χ0) is 14.6. The standard InChI is InChI=1S/C14H19Cl2NO2/c1-5-19-14(18)13(9(2)17(3)4)10-6-7-11(15)12(16)8-10/h6-9,13H,5H2,1-4H3. The van der Waals surface area contributed by atoms with Crippen molar-refractivity contribution in [2.45, 2.75) is 25.8 Å². The Morgan fingerprint density at radius 1 is 1.32 bits per heavy atom. The van der Waals surface area contributed by atoms with Crippen molar-refractivity contribution in [1.82, 2.24) is 4.90 Å². The molecule has 3 nitrogen and oxygen atoms in total. The van der Waals surface area contributed by atoms with Crippen LogP contribution in [-0.4, -0.2) is 37.6 Å². The molecular weight excluding hydrogens is 285 g/mol. The molecule has 0 aliphatic carbocycles. The van der Waals surface area contributed by atoms with Crippen LogP contribution >= 0.6 is 23.2 Å². The van der Waals surface area contributed by atoms with E-state index in [4.69, 9.17) is 27.9 Å². The van der Waals surface area contributed by atoms with Gasteiger partial charge in [-0.1, -0.05) is 29.3 Å². The minimum absolute atomic E-state index is 0.00343. The van der Waals surface area contributed by atoms with E-state index in [9.17, 15) is 4.79 Å². The van der Waals surface area contributed by atoms with Gasteiger partial charge in [-0.05, 0) is 45.6 Å². The van der Waals surface area contributed by atoms with E-state index < -0.39 is 0 Å². The summed E-state index contributed by atoms with van der Waals surface area (Å²) in [7, 11) is 3.85. The lowest BCUT2D eigenvalue weighted by Crippen LogP contribution is -2.36. The summed E-state index contributed by atoms with van der Waals surface area (Å²) in [6.07, 6.45) is 0. The maximum atomic E-state index is 12.2. The SMILES string of the molecule is CCOC(=O)C(c1ccc(Cl)c(Cl)c1)C(C)N(C)C. The quantitative estimate of drug-likeness (QED) is 0.779. The highest BCUT2D eigenvalue weighted by molar-refractivity contribution is 6.42. The van der Waals surface area contributed by atoms with E-state index in [2.05, 4.69) is 0 Å². The second-order valence-electron chi connectivity index (χ2n) is 4.61. The molecule has 0 spiro atoms. The van der Waals surface area contributed by atoms with Crippen LogP contribution in [0, 0.1) is 0 Å². The van der Waals surface area contributed by atoms with Gasteiger partial charge in [-0.3, -0.25) is 4.79 Å². The fraction of sp³-hybridized carbons (Fsp3) is 0.500. The van der Waals surface area contributed by atoms with Crippen molar-refractivity contribution in [1.29, 1.82) is 0 Å². The first-order chi connectivity index (χ1) is 8.88. The normalized spacial score (nSPS) is 14.3. The van der Waals surface area contributed by atoms with Gasteiger partial charge in [0.15, 0.2) is 0 Å². The predicted molar refractivity (Wildman–Crippen MR) is 79.0 cm³/mol. The Hall–Kier alpha value is -0.770. The highest BCUT2D eigenvalue weighted by atomic mass is 35.5. The van der Waals surface area contributed by atoms with Crippen molar-refractivity contribution >= 4 is 29.2 Å². The van der Waals surface area contributed by atoms with E-state index in [-0.39, 0.29) is 17.9 Å². The van der Waals surface area contributed by atoms with Crippen LogP contribution in [0.1, 0.15) is 25.3 Å².